The number of hydrogen-bond acceptors (Lipinski definition) is 2. The van der Waals surface area contributed by atoms with Crippen molar-refractivity contribution in [2.45, 2.75) is 20.8 Å². The van der Waals surface area contributed by atoms with Crippen LogP contribution in [0.2, 0.25) is 0 Å². The lowest BCUT2D eigenvalue weighted by Crippen LogP contribution is -2.25. The lowest BCUT2D eigenvalue weighted by molar-refractivity contribution is 0.0680. The van der Waals surface area contributed by atoms with Crippen molar-refractivity contribution < 1.29 is 19.8 Å². The Hall–Kier alpha value is -1.62. The molecule has 0 saturated heterocycles. The molecule has 5 heteroatoms. The Morgan fingerprint density at radius 1 is 0.875 bits per heavy atom. The Balaban J connectivity index is 3.77. The molecule has 0 aromatic heterocycles. The minimum Gasteiger partial charge on any atom is -0.478 e. The minimum atomic E-state index is -1.06. The van der Waals surface area contributed by atoms with E-state index < -0.39 is 11.9 Å². The SMILES string of the molecule is Cc1c(C)c(C(=O)O)c([Si])c(C)c1C(=O)O. The Bertz CT molecular complexity index is 417. The maximum absolute atomic E-state index is 11.1. The number of carbonyl (C=O) groups is 2. The molecule has 0 saturated carbocycles. The molecule has 0 aliphatic rings. The molecule has 1 aromatic rings. The zero-order chi connectivity index (χ0) is 12.6. The molecule has 3 radical (unpaired) electrons. The van der Waals surface area contributed by atoms with Crippen LogP contribution in [0, 0.1) is 20.8 Å². The maximum atomic E-state index is 11.1. The fraction of sp³-hybridized carbons (Fsp3) is 0.273. The number of hydrogen-bond donors (Lipinski definition) is 2. The molecule has 4 nitrogen and oxygen atoms in total. The third-order valence-corrected chi connectivity index (χ3v) is 3.37. The van der Waals surface area contributed by atoms with Crippen LogP contribution in [-0.4, -0.2) is 32.4 Å². The molecule has 0 amide bonds. The van der Waals surface area contributed by atoms with Crippen molar-refractivity contribution in [3.05, 3.63) is 27.8 Å². The molecule has 0 aliphatic heterocycles. The molecule has 1 aromatic carbocycles. The summed E-state index contributed by atoms with van der Waals surface area (Å²) in [4.78, 5) is 22.1. The second-order valence-corrected chi connectivity index (χ2v) is 4.11. The summed E-state index contributed by atoms with van der Waals surface area (Å²) in [7, 11) is 3.20. The smallest absolute Gasteiger partial charge is 0.336 e. The Kier molecular flexibility index (Phi) is 3.18. The molecular weight excluding hydrogens is 224 g/mol. The highest BCUT2D eigenvalue weighted by Crippen LogP contribution is 2.19. The van der Waals surface area contributed by atoms with Gasteiger partial charge >= 0.3 is 11.9 Å². The molecule has 0 heterocycles. The second kappa shape index (κ2) is 4.09. The Morgan fingerprint density at radius 2 is 1.25 bits per heavy atom. The summed E-state index contributed by atoms with van der Waals surface area (Å²) < 4.78 is 0. The first-order valence-electron chi connectivity index (χ1n) is 4.61. The first kappa shape index (κ1) is 12.4. The third-order valence-electron chi connectivity index (χ3n) is 2.74. The summed E-state index contributed by atoms with van der Waals surface area (Å²) in [6.07, 6.45) is 0. The van der Waals surface area contributed by atoms with Gasteiger partial charge in [-0.25, -0.2) is 9.59 Å². The molecule has 0 unspecified atom stereocenters. The van der Waals surface area contributed by atoms with Crippen LogP contribution in [0.4, 0.5) is 0 Å². The van der Waals surface area contributed by atoms with Crippen molar-refractivity contribution in [2.24, 2.45) is 0 Å². The summed E-state index contributed by atoms with van der Waals surface area (Å²) in [5.41, 5.74) is 1.68. The van der Waals surface area contributed by atoms with Gasteiger partial charge in [0.2, 0.25) is 0 Å². The van der Waals surface area contributed by atoms with Gasteiger partial charge in [0.15, 0.2) is 0 Å². The third kappa shape index (κ3) is 1.74. The van der Waals surface area contributed by atoms with E-state index in [1.165, 1.54) is 0 Å². The van der Waals surface area contributed by atoms with E-state index in [9.17, 15) is 9.59 Å². The zero-order valence-electron chi connectivity index (χ0n) is 9.21. The fourth-order valence-electron chi connectivity index (χ4n) is 1.74. The largest absolute Gasteiger partial charge is 0.478 e. The van der Waals surface area contributed by atoms with Gasteiger partial charge in [-0.05, 0) is 42.6 Å². The standard InChI is InChI=1S/C11H11O4Si/c1-4-5(2)8(11(14)15)9(16)6(3)7(4)10(12)13/h1-3H3,(H,12,13)(H,14,15). The van der Waals surface area contributed by atoms with E-state index in [2.05, 4.69) is 10.2 Å². The molecule has 2 N–H and O–H groups in total. The maximum Gasteiger partial charge on any atom is 0.336 e. The van der Waals surface area contributed by atoms with Crippen LogP contribution >= 0.6 is 0 Å². The number of aromatic carboxylic acids is 2. The Labute approximate surface area is 96.3 Å². The molecule has 0 fully saturated rings. The normalized spacial score (nSPS) is 10.2. The van der Waals surface area contributed by atoms with E-state index in [4.69, 9.17) is 10.2 Å². The number of rotatable bonds is 2. The van der Waals surface area contributed by atoms with E-state index >= 15 is 0 Å². The van der Waals surface area contributed by atoms with E-state index in [-0.39, 0.29) is 11.1 Å². The summed E-state index contributed by atoms with van der Waals surface area (Å²) in [6, 6.07) is 0. The monoisotopic (exact) mass is 235 g/mol. The number of carboxylic acids is 2. The molecule has 0 spiro atoms. The Morgan fingerprint density at radius 3 is 1.62 bits per heavy atom. The van der Waals surface area contributed by atoms with Crippen molar-refractivity contribution in [3.8, 4) is 0 Å². The van der Waals surface area contributed by atoms with Crippen LogP contribution in [-0.2, 0) is 0 Å². The van der Waals surface area contributed by atoms with Crippen molar-refractivity contribution in [3.63, 3.8) is 0 Å². The zero-order valence-corrected chi connectivity index (χ0v) is 10.2. The van der Waals surface area contributed by atoms with Gasteiger partial charge < -0.3 is 10.2 Å². The quantitative estimate of drug-likeness (QED) is 0.744. The first-order chi connectivity index (χ1) is 7.29. The van der Waals surface area contributed by atoms with Gasteiger partial charge in [-0.1, -0.05) is 0 Å². The van der Waals surface area contributed by atoms with Crippen LogP contribution in [0.15, 0.2) is 0 Å². The topological polar surface area (TPSA) is 74.6 Å². The fourth-order valence-corrected chi connectivity index (χ4v) is 2.16. The van der Waals surface area contributed by atoms with Crippen molar-refractivity contribution in [1.29, 1.82) is 0 Å². The van der Waals surface area contributed by atoms with Gasteiger partial charge in [0.05, 0.1) is 21.4 Å². The van der Waals surface area contributed by atoms with Gasteiger partial charge in [0, 0.05) is 0 Å². The van der Waals surface area contributed by atoms with Gasteiger partial charge in [-0.2, -0.15) is 0 Å². The van der Waals surface area contributed by atoms with Crippen LogP contribution in [0.1, 0.15) is 37.4 Å². The van der Waals surface area contributed by atoms with Crippen molar-refractivity contribution in [2.75, 3.05) is 0 Å². The average Bonchev–Trinajstić information content (AvgIpc) is 2.14. The number of carboxylic acid groups (broad SMARTS) is 2. The summed E-state index contributed by atoms with van der Waals surface area (Å²) >= 11 is 0. The van der Waals surface area contributed by atoms with Crippen LogP contribution in [0.3, 0.4) is 0 Å². The average molecular weight is 235 g/mol. The van der Waals surface area contributed by atoms with E-state index in [1.54, 1.807) is 20.8 Å². The molecule has 1 rings (SSSR count). The molecular formula is C11H11O4Si. The summed E-state index contributed by atoms with van der Waals surface area (Å²) in [5.74, 6) is -2.11. The summed E-state index contributed by atoms with van der Waals surface area (Å²) in [6.45, 7) is 4.81. The molecule has 0 aliphatic carbocycles. The predicted molar refractivity (Wildman–Crippen MR) is 60.0 cm³/mol. The highest BCUT2D eigenvalue weighted by atomic mass is 28.1. The minimum absolute atomic E-state index is 0.122. The lowest BCUT2D eigenvalue weighted by atomic mass is 9.93. The van der Waals surface area contributed by atoms with E-state index in [0.717, 1.165) is 0 Å². The second-order valence-electron chi connectivity index (χ2n) is 3.61. The van der Waals surface area contributed by atoms with Gasteiger partial charge in [-0.15, -0.1) is 0 Å². The van der Waals surface area contributed by atoms with Crippen LogP contribution in [0.5, 0.6) is 0 Å². The molecule has 83 valence electrons. The first-order valence-corrected chi connectivity index (χ1v) is 5.11. The van der Waals surface area contributed by atoms with Gasteiger partial charge in [-0.3, -0.25) is 0 Å². The summed E-state index contributed by atoms with van der Waals surface area (Å²) in [5, 5.41) is 18.4. The highest BCUT2D eigenvalue weighted by molar-refractivity contribution is 6.38. The van der Waals surface area contributed by atoms with Gasteiger partial charge in [0.1, 0.15) is 0 Å². The van der Waals surface area contributed by atoms with E-state index in [0.29, 0.717) is 21.9 Å². The molecule has 0 bridgehead atoms. The molecule has 0 atom stereocenters. The van der Waals surface area contributed by atoms with Crippen molar-refractivity contribution >= 4 is 27.4 Å². The lowest BCUT2D eigenvalue weighted by Gasteiger charge is -2.15. The van der Waals surface area contributed by atoms with E-state index in [1.807, 2.05) is 0 Å². The van der Waals surface area contributed by atoms with Crippen LogP contribution < -0.4 is 5.19 Å². The predicted octanol–water partition coefficient (Wildman–Crippen LogP) is 0.802. The number of benzene rings is 1. The molecule has 16 heavy (non-hydrogen) atoms. The van der Waals surface area contributed by atoms with Gasteiger partial charge in [0.25, 0.3) is 0 Å². The highest BCUT2D eigenvalue weighted by Gasteiger charge is 2.21. The van der Waals surface area contributed by atoms with Crippen molar-refractivity contribution in [1.82, 2.24) is 0 Å². The van der Waals surface area contributed by atoms with Crippen LogP contribution in [0.25, 0.3) is 0 Å².